The summed E-state index contributed by atoms with van der Waals surface area (Å²) in [6.07, 6.45) is 0. The minimum absolute atomic E-state index is 0.258. The average molecular weight is 885 g/mol. The van der Waals surface area contributed by atoms with Gasteiger partial charge in [-0.1, -0.05) is 39.3 Å². The first-order valence-electron chi connectivity index (χ1n) is 12.0. The van der Waals surface area contributed by atoms with Crippen LogP contribution in [0.2, 0.25) is 51.4 Å². The molecule has 0 aliphatic heterocycles. The van der Waals surface area contributed by atoms with Gasteiger partial charge in [0.1, 0.15) is 43.5 Å². The molecule has 2 aromatic heterocycles. The SMILES string of the molecule is C[Si](C)(C)CCOCn1c(-c2ccc(F)cc2)nc(Br)c1Br.C[Si](C)(C)CCOCn1c(Br)nc(Br)c1Br. The number of benzene rings is 1. The molecule has 3 rings (SSSR count). The van der Waals surface area contributed by atoms with E-state index in [4.69, 9.17) is 9.47 Å². The van der Waals surface area contributed by atoms with Gasteiger partial charge in [-0.3, -0.25) is 9.13 Å². The molecule has 0 radical (unpaired) electrons. The van der Waals surface area contributed by atoms with E-state index in [0.29, 0.717) is 18.1 Å². The van der Waals surface area contributed by atoms with Gasteiger partial charge in [0, 0.05) is 34.9 Å². The van der Waals surface area contributed by atoms with Crippen molar-refractivity contribution in [1.29, 1.82) is 0 Å². The Morgan fingerprint density at radius 2 is 1.16 bits per heavy atom. The van der Waals surface area contributed by atoms with E-state index in [1.54, 1.807) is 12.1 Å². The summed E-state index contributed by atoms with van der Waals surface area (Å²) < 4.78 is 32.4. The maximum atomic E-state index is 13.1. The van der Waals surface area contributed by atoms with Crippen molar-refractivity contribution in [3.8, 4) is 11.4 Å². The number of ether oxygens (including phenoxy) is 2. The number of rotatable bonds is 11. The van der Waals surface area contributed by atoms with Crippen LogP contribution in [0.3, 0.4) is 0 Å². The highest BCUT2D eigenvalue weighted by atomic mass is 79.9. The van der Waals surface area contributed by atoms with Crippen molar-refractivity contribution >= 4 is 95.8 Å². The second kappa shape index (κ2) is 15.5. The van der Waals surface area contributed by atoms with E-state index in [-0.39, 0.29) is 5.82 Å². The van der Waals surface area contributed by atoms with Crippen molar-refractivity contribution in [2.24, 2.45) is 0 Å². The summed E-state index contributed by atoms with van der Waals surface area (Å²) in [6, 6.07) is 8.60. The molecule has 0 aliphatic carbocycles. The van der Waals surface area contributed by atoms with Gasteiger partial charge in [-0.25, -0.2) is 14.4 Å². The van der Waals surface area contributed by atoms with Gasteiger partial charge in [0.05, 0.1) is 0 Å². The molecule has 0 amide bonds. The zero-order valence-corrected chi connectivity index (χ0v) is 32.4. The van der Waals surface area contributed by atoms with Gasteiger partial charge in [0.25, 0.3) is 0 Å². The smallest absolute Gasteiger partial charge is 0.181 e. The summed E-state index contributed by atoms with van der Waals surface area (Å²) in [7, 11) is -2.10. The fraction of sp³-hybridized carbons (Fsp3) is 0.500. The topological polar surface area (TPSA) is 54.1 Å². The van der Waals surface area contributed by atoms with Gasteiger partial charge in [-0.05, 0) is 116 Å². The third-order valence-electron chi connectivity index (χ3n) is 5.22. The lowest BCUT2D eigenvalue weighted by molar-refractivity contribution is 0.0841. The first-order valence-corrected chi connectivity index (χ1v) is 23.4. The third kappa shape index (κ3) is 11.7. The summed E-state index contributed by atoms with van der Waals surface area (Å²) in [5.74, 6) is 0.484. The Morgan fingerprint density at radius 1 is 0.711 bits per heavy atom. The maximum Gasteiger partial charge on any atom is 0.181 e. The first-order chi connectivity index (χ1) is 17.6. The Balaban J connectivity index is 0.000000281. The zero-order chi connectivity index (χ0) is 28.7. The van der Waals surface area contributed by atoms with E-state index in [9.17, 15) is 4.39 Å². The largest absolute Gasteiger partial charge is 0.361 e. The molecular formula is C24H34Br5FN4O2Si2. The quantitative estimate of drug-likeness (QED) is 0.142. The highest BCUT2D eigenvalue weighted by Crippen LogP contribution is 2.30. The van der Waals surface area contributed by atoms with Gasteiger partial charge in [0.15, 0.2) is 4.73 Å². The Bertz CT molecular complexity index is 1180. The van der Waals surface area contributed by atoms with E-state index >= 15 is 0 Å². The molecule has 38 heavy (non-hydrogen) atoms. The predicted octanol–water partition coefficient (Wildman–Crippen LogP) is 10.0. The van der Waals surface area contributed by atoms with E-state index in [2.05, 4.69) is 129 Å². The van der Waals surface area contributed by atoms with Crippen molar-refractivity contribution < 1.29 is 13.9 Å². The van der Waals surface area contributed by atoms with Crippen LogP contribution in [0.25, 0.3) is 11.4 Å². The summed E-state index contributed by atoms with van der Waals surface area (Å²) in [6.45, 7) is 16.5. The van der Waals surface area contributed by atoms with Crippen molar-refractivity contribution in [2.75, 3.05) is 13.2 Å². The van der Waals surface area contributed by atoms with Crippen LogP contribution in [0.5, 0.6) is 0 Å². The molecule has 6 nitrogen and oxygen atoms in total. The molecule has 0 fully saturated rings. The summed E-state index contributed by atoms with van der Waals surface area (Å²) >= 11 is 17.1. The number of nitrogens with zero attached hydrogens (tertiary/aromatic N) is 4. The van der Waals surface area contributed by atoms with Crippen LogP contribution in [-0.2, 0) is 22.9 Å². The number of hydrogen-bond acceptors (Lipinski definition) is 4. The number of halogens is 6. The standard InChI is InChI=1S/C15H19Br2FN2OSi.C9H15Br3N2OSi/c1-22(2,3)9-8-21-10-20-14(17)13(16)19-15(20)11-4-6-12(18)7-5-11;1-16(2,3)5-4-15-6-14-8(11)7(10)13-9(14)12/h4-7H,8-10H2,1-3H3;4-6H2,1-3H3. The van der Waals surface area contributed by atoms with Crippen molar-refractivity contribution in [1.82, 2.24) is 19.1 Å². The Morgan fingerprint density at radius 3 is 1.61 bits per heavy atom. The van der Waals surface area contributed by atoms with Crippen LogP contribution in [-0.4, -0.2) is 48.5 Å². The molecule has 0 atom stereocenters. The molecular weight excluding hydrogens is 851 g/mol. The molecule has 0 saturated carbocycles. The van der Waals surface area contributed by atoms with Crippen LogP contribution >= 0.6 is 79.6 Å². The van der Waals surface area contributed by atoms with Gasteiger partial charge in [0.2, 0.25) is 0 Å². The van der Waals surface area contributed by atoms with E-state index in [1.807, 2.05) is 9.13 Å². The number of imidazole rings is 2. The zero-order valence-electron chi connectivity index (χ0n) is 22.4. The first kappa shape index (κ1) is 34.5. The lowest BCUT2D eigenvalue weighted by Gasteiger charge is -2.16. The van der Waals surface area contributed by atoms with Crippen LogP contribution in [0, 0.1) is 5.82 Å². The van der Waals surface area contributed by atoms with Crippen LogP contribution in [0.4, 0.5) is 4.39 Å². The second-order valence-electron chi connectivity index (χ2n) is 11.0. The van der Waals surface area contributed by atoms with Crippen molar-refractivity contribution in [3.63, 3.8) is 0 Å². The number of aromatic nitrogens is 4. The molecule has 2 heterocycles. The van der Waals surface area contributed by atoms with Gasteiger partial charge in [-0.2, -0.15) is 0 Å². The normalized spacial score (nSPS) is 12.0. The van der Waals surface area contributed by atoms with E-state index in [1.165, 1.54) is 18.2 Å². The predicted molar refractivity (Wildman–Crippen MR) is 177 cm³/mol. The highest BCUT2D eigenvalue weighted by Gasteiger charge is 2.17. The highest BCUT2D eigenvalue weighted by molar-refractivity contribution is 9.13. The van der Waals surface area contributed by atoms with Gasteiger partial charge in [-0.15, -0.1) is 0 Å². The molecule has 1 aromatic carbocycles. The lowest BCUT2D eigenvalue weighted by Crippen LogP contribution is -2.22. The summed E-state index contributed by atoms with van der Waals surface area (Å²) in [5.41, 5.74) is 0.849. The van der Waals surface area contributed by atoms with Crippen LogP contribution < -0.4 is 0 Å². The Hall–Kier alpha value is 0.324. The molecule has 0 N–H and O–H groups in total. The molecule has 3 aromatic rings. The maximum absolute atomic E-state index is 13.1. The Labute approximate surface area is 269 Å². The summed E-state index contributed by atoms with van der Waals surface area (Å²) in [4.78, 5) is 8.69. The van der Waals surface area contributed by atoms with E-state index in [0.717, 1.165) is 49.2 Å². The van der Waals surface area contributed by atoms with Gasteiger partial charge < -0.3 is 9.47 Å². The molecule has 0 unspecified atom stereocenters. The fourth-order valence-corrected chi connectivity index (χ4v) is 6.83. The monoisotopic (exact) mass is 880 g/mol. The molecule has 212 valence electrons. The van der Waals surface area contributed by atoms with Crippen LogP contribution in [0.15, 0.2) is 47.4 Å². The molecule has 0 aliphatic rings. The Kier molecular flexibility index (Phi) is 14.1. The average Bonchev–Trinajstić information content (AvgIpc) is 3.22. The van der Waals surface area contributed by atoms with Crippen LogP contribution in [0.1, 0.15) is 0 Å². The van der Waals surface area contributed by atoms with Gasteiger partial charge >= 0.3 is 0 Å². The fourth-order valence-electron chi connectivity index (χ4n) is 2.90. The van der Waals surface area contributed by atoms with Crippen molar-refractivity contribution in [2.45, 2.75) is 64.8 Å². The van der Waals surface area contributed by atoms with E-state index < -0.39 is 16.1 Å². The molecule has 0 spiro atoms. The molecule has 14 heteroatoms. The molecule has 0 saturated heterocycles. The second-order valence-corrected chi connectivity index (χ2v) is 26.0. The minimum atomic E-state index is -1.10. The molecule has 0 bridgehead atoms. The third-order valence-corrected chi connectivity index (χ3v) is 13.0. The van der Waals surface area contributed by atoms with Crippen molar-refractivity contribution in [3.05, 3.63) is 53.2 Å². The minimum Gasteiger partial charge on any atom is -0.361 e. The number of hydrogen-bond donors (Lipinski definition) is 0. The summed E-state index contributed by atoms with van der Waals surface area (Å²) in [5, 5.41) is 0. The lowest BCUT2D eigenvalue weighted by atomic mass is 10.2.